The van der Waals surface area contributed by atoms with E-state index < -0.39 is 6.10 Å². The van der Waals surface area contributed by atoms with Crippen molar-refractivity contribution in [3.63, 3.8) is 0 Å². The fourth-order valence-corrected chi connectivity index (χ4v) is 3.47. The lowest BCUT2D eigenvalue weighted by Crippen LogP contribution is -2.18. The molecule has 0 amide bonds. The summed E-state index contributed by atoms with van der Waals surface area (Å²) in [6, 6.07) is 6.58. The number of anilines is 1. The number of aliphatic hydroxyl groups is 1. The predicted molar refractivity (Wildman–Crippen MR) is 81.2 cm³/mol. The molecular weight excluding hydrogens is 329 g/mol. The first-order chi connectivity index (χ1) is 8.97. The summed E-state index contributed by atoms with van der Waals surface area (Å²) in [4.78, 5) is 3.22. The van der Waals surface area contributed by atoms with E-state index >= 15 is 0 Å². The van der Waals surface area contributed by atoms with Crippen molar-refractivity contribution in [2.75, 3.05) is 11.9 Å². The van der Waals surface area contributed by atoms with Crippen molar-refractivity contribution in [3.8, 4) is 0 Å². The Kier molecular flexibility index (Phi) is 4.60. The number of halogens is 2. The molecule has 102 valence electrons. The van der Waals surface area contributed by atoms with Gasteiger partial charge in [0.05, 0.1) is 12.6 Å². The summed E-state index contributed by atoms with van der Waals surface area (Å²) in [6.07, 6.45) is -0.691. The molecule has 0 saturated heterocycles. The molecule has 0 bridgehead atoms. The van der Waals surface area contributed by atoms with Crippen LogP contribution in [0.2, 0.25) is 0 Å². The van der Waals surface area contributed by atoms with Gasteiger partial charge in [-0.3, -0.25) is 0 Å². The topological polar surface area (TPSA) is 23.5 Å². The van der Waals surface area contributed by atoms with E-state index in [1.165, 1.54) is 17.0 Å². The Bertz CT molecular complexity index is 570. The van der Waals surface area contributed by atoms with Gasteiger partial charge in [0, 0.05) is 33.0 Å². The molecule has 1 aromatic heterocycles. The average Bonchev–Trinajstić information content (AvgIpc) is 2.74. The minimum absolute atomic E-state index is 0.327. The van der Waals surface area contributed by atoms with Crippen LogP contribution < -0.4 is 4.90 Å². The molecule has 1 N–H and O–H groups in total. The molecular formula is C14H15BrFNOS. The zero-order valence-electron chi connectivity index (χ0n) is 10.7. The van der Waals surface area contributed by atoms with Gasteiger partial charge in [0.1, 0.15) is 5.82 Å². The minimum atomic E-state index is -0.691. The number of thiophene rings is 1. The predicted octanol–water partition coefficient (Wildman–Crippen LogP) is 4.34. The Balaban J connectivity index is 2.25. The highest BCUT2D eigenvalue weighted by Gasteiger charge is 2.13. The van der Waals surface area contributed by atoms with Gasteiger partial charge < -0.3 is 10.0 Å². The Hall–Kier alpha value is -0.910. The molecule has 2 nitrogen and oxygen atoms in total. The van der Waals surface area contributed by atoms with Crippen LogP contribution in [0.25, 0.3) is 0 Å². The van der Waals surface area contributed by atoms with Gasteiger partial charge in [0.15, 0.2) is 0 Å². The van der Waals surface area contributed by atoms with E-state index in [0.717, 1.165) is 16.7 Å². The van der Waals surface area contributed by atoms with Gasteiger partial charge in [-0.2, -0.15) is 0 Å². The smallest absolute Gasteiger partial charge is 0.123 e. The van der Waals surface area contributed by atoms with Gasteiger partial charge in [-0.1, -0.05) is 0 Å². The molecule has 0 aliphatic rings. The molecule has 2 aromatic rings. The van der Waals surface area contributed by atoms with Gasteiger partial charge in [-0.05, 0) is 47.1 Å². The second-order valence-corrected chi connectivity index (χ2v) is 6.38. The summed E-state index contributed by atoms with van der Waals surface area (Å²) < 4.78 is 14.3. The molecule has 0 unspecified atom stereocenters. The van der Waals surface area contributed by atoms with Crippen molar-refractivity contribution in [2.45, 2.75) is 19.6 Å². The molecule has 0 fully saturated rings. The summed E-state index contributed by atoms with van der Waals surface area (Å²) in [6.45, 7) is 2.37. The molecule has 0 aliphatic carbocycles. The zero-order chi connectivity index (χ0) is 14.0. The van der Waals surface area contributed by atoms with Crippen LogP contribution in [0, 0.1) is 5.82 Å². The third-order valence-electron chi connectivity index (χ3n) is 2.87. The maximum atomic E-state index is 13.3. The van der Waals surface area contributed by atoms with Gasteiger partial charge in [-0.25, -0.2) is 4.39 Å². The third-order valence-corrected chi connectivity index (χ3v) is 4.55. The number of aliphatic hydroxyl groups excluding tert-OH is 1. The molecule has 0 saturated carbocycles. The van der Waals surface area contributed by atoms with Crippen molar-refractivity contribution < 1.29 is 9.50 Å². The van der Waals surface area contributed by atoms with Crippen LogP contribution in [-0.2, 0) is 6.54 Å². The van der Waals surface area contributed by atoms with Crippen molar-refractivity contribution in [3.05, 3.63) is 50.4 Å². The van der Waals surface area contributed by atoms with Crippen LogP contribution in [-0.4, -0.2) is 12.2 Å². The molecule has 0 radical (unpaired) electrons. The lowest BCUT2D eigenvalue weighted by Gasteiger charge is -2.23. The highest BCUT2D eigenvalue weighted by Crippen LogP contribution is 2.29. The number of rotatable bonds is 4. The summed E-state index contributed by atoms with van der Waals surface area (Å²) in [5.41, 5.74) is 1.46. The molecule has 2 rings (SSSR count). The Labute approximate surface area is 124 Å². The lowest BCUT2D eigenvalue weighted by atomic mass is 10.1. The van der Waals surface area contributed by atoms with Crippen LogP contribution in [0.4, 0.5) is 10.1 Å². The molecule has 5 heteroatoms. The SMILES string of the molecule is C[C@H](O)c1cc(F)ccc1N(C)Cc1cc(Br)cs1. The quantitative estimate of drug-likeness (QED) is 0.892. The number of hydrogen-bond donors (Lipinski definition) is 1. The van der Waals surface area contributed by atoms with Crippen molar-refractivity contribution in [2.24, 2.45) is 0 Å². The van der Waals surface area contributed by atoms with Crippen LogP contribution in [0.5, 0.6) is 0 Å². The van der Waals surface area contributed by atoms with E-state index in [4.69, 9.17) is 0 Å². The van der Waals surface area contributed by atoms with E-state index in [2.05, 4.69) is 22.0 Å². The average molecular weight is 344 g/mol. The largest absolute Gasteiger partial charge is 0.389 e. The maximum Gasteiger partial charge on any atom is 0.123 e. The highest BCUT2D eigenvalue weighted by atomic mass is 79.9. The number of hydrogen-bond acceptors (Lipinski definition) is 3. The van der Waals surface area contributed by atoms with Crippen molar-refractivity contribution >= 4 is 33.0 Å². The zero-order valence-corrected chi connectivity index (χ0v) is 13.1. The first-order valence-electron chi connectivity index (χ1n) is 5.89. The van der Waals surface area contributed by atoms with E-state index in [9.17, 15) is 9.50 Å². The molecule has 1 aromatic carbocycles. The van der Waals surface area contributed by atoms with Crippen molar-refractivity contribution in [1.82, 2.24) is 0 Å². The molecule has 0 aliphatic heterocycles. The lowest BCUT2D eigenvalue weighted by molar-refractivity contribution is 0.199. The summed E-state index contributed by atoms with van der Waals surface area (Å²) in [5, 5.41) is 11.8. The van der Waals surface area contributed by atoms with E-state index in [1.807, 2.05) is 17.3 Å². The van der Waals surface area contributed by atoms with Gasteiger partial charge >= 0.3 is 0 Å². The van der Waals surface area contributed by atoms with Gasteiger partial charge in [0.25, 0.3) is 0 Å². The Morgan fingerprint density at radius 1 is 1.42 bits per heavy atom. The first kappa shape index (κ1) is 14.5. The summed E-state index contributed by atoms with van der Waals surface area (Å²) in [5.74, 6) is -0.327. The van der Waals surface area contributed by atoms with Crippen molar-refractivity contribution in [1.29, 1.82) is 0 Å². The number of nitrogens with zero attached hydrogens (tertiary/aromatic N) is 1. The third kappa shape index (κ3) is 3.55. The monoisotopic (exact) mass is 343 g/mol. The highest BCUT2D eigenvalue weighted by molar-refractivity contribution is 9.10. The van der Waals surface area contributed by atoms with E-state index in [-0.39, 0.29) is 5.82 Å². The standard InChI is InChI=1S/C14H15BrFNOS/c1-9(18)13-6-11(16)3-4-14(13)17(2)7-12-5-10(15)8-19-12/h3-6,8-9,18H,7H2,1-2H3/t9-/m0/s1. The van der Waals surface area contributed by atoms with E-state index in [0.29, 0.717) is 5.56 Å². The summed E-state index contributed by atoms with van der Waals surface area (Å²) >= 11 is 5.09. The second kappa shape index (κ2) is 6.03. The van der Waals surface area contributed by atoms with Gasteiger partial charge in [-0.15, -0.1) is 11.3 Å². The molecule has 0 spiro atoms. The molecule has 19 heavy (non-hydrogen) atoms. The molecule has 1 atom stereocenters. The van der Waals surface area contributed by atoms with Crippen LogP contribution in [0.15, 0.2) is 34.1 Å². The fraction of sp³-hybridized carbons (Fsp3) is 0.286. The molecule has 1 heterocycles. The number of benzene rings is 1. The minimum Gasteiger partial charge on any atom is -0.389 e. The Morgan fingerprint density at radius 3 is 2.74 bits per heavy atom. The fourth-order valence-electron chi connectivity index (χ4n) is 1.96. The van der Waals surface area contributed by atoms with E-state index in [1.54, 1.807) is 24.3 Å². The van der Waals surface area contributed by atoms with Gasteiger partial charge in [0.2, 0.25) is 0 Å². The van der Waals surface area contributed by atoms with Crippen LogP contribution in [0.1, 0.15) is 23.5 Å². The second-order valence-electron chi connectivity index (χ2n) is 4.47. The maximum absolute atomic E-state index is 13.3. The Morgan fingerprint density at radius 2 is 2.16 bits per heavy atom. The first-order valence-corrected chi connectivity index (χ1v) is 7.56. The normalized spacial score (nSPS) is 12.5. The van der Waals surface area contributed by atoms with Crippen LogP contribution in [0.3, 0.4) is 0 Å². The van der Waals surface area contributed by atoms with Crippen LogP contribution >= 0.6 is 27.3 Å². The summed E-state index contributed by atoms with van der Waals surface area (Å²) in [7, 11) is 1.94.